The van der Waals surface area contributed by atoms with E-state index >= 15 is 0 Å². The summed E-state index contributed by atoms with van der Waals surface area (Å²) in [6.07, 6.45) is 8.06. The third-order valence-corrected chi connectivity index (χ3v) is 9.14. The van der Waals surface area contributed by atoms with Crippen LogP contribution in [-0.4, -0.2) is 26.2 Å². The Morgan fingerprint density at radius 3 is 2.62 bits per heavy atom. The van der Waals surface area contributed by atoms with Crippen LogP contribution in [0.2, 0.25) is 0 Å². The normalized spacial score (nSPS) is 15.7. The predicted molar refractivity (Wildman–Crippen MR) is 149 cm³/mol. The van der Waals surface area contributed by atoms with Gasteiger partial charge >= 0.3 is 0 Å². The quantitative estimate of drug-likeness (QED) is 0.249. The molecule has 2 aromatic carbocycles. The summed E-state index contributed by atoms with van der Waals surface area (Å²) in [6, 6.07) is 18.4. The lowest BCUT2D eigenvalue weighted by Crippen LogP contribution is -2.43. The molecule has 2 aliphatic carbocycles. The molecule has 1 spiro atoms. The van der Waals surface area contributed by atoms with Crippen LogP contribution in [0, 0.1) is 0 Å². The molecule has 1 saturated carbocycles. The van der Waals surface area contributed by atoms with Gasteiger partial charge in [0.1, 0.15) is 0 Å². The second-order valence-corrected chi connectivity index (χ2v) is 11.7. The summed E-state index contributed by atoms with van der Waals surface area (Å²) >= 11 is 2.69. The SMILES string of the molecule is O=C(CSc1nc2c(c(=O)n1Cc1ccccc1)C1(CCCCC1)Cc1ccccc1-2)Nc1nccs1. The van der Waals surface area contributed by atoms with E-state index in [2.05, 4.69) is 28.5 Å². The Kier molecular flexibility index (Phi) is 6.69. The van der Waals surface area contributed by atoms with Gasteiger partial charge in [0.25, 0.3) is 5.56 Å². The van der Waals surface area contributed by atoms with Crippen molar-refractivity contribution in [2.45, 2.75) is 55.6 Å². The molecule has 6 nitrogen and oxygen atoms in total. The fourth-order valence-corrected chi connectivity index (χ4v) is 7.14. The van der Waals surface area contributed by atoms with Crippen LogP contribution in [0.1, 0.15) is 48.8 Å². The summed E-state index contributed by atoms with van der Waals surface area (Å²) in [5.41, 5.74) is 4.89. The zero-order valence-electron chi connectivity index (χ0n) is 20.5. The van der Waals surface area contributed by atoms with Crippen LogP contribution in [0.15, 0.2) is 76.1 Å². The molecular weight excluding hydrogens is 500 g/mol. The molecule has 2 aromatic heterocycles. The molecule has 8 heteroatoms. The third-order valence-electron chi connectivity index (χ3n) is 7.47. The van der Waals surface area contributed by atoms with E-state index < -0.39 is 0 Å². The number of amides is 1. The number of hydrogen-bond acceptors (Lipinski definition) is 6. The molecule has 0 atom stereocenters. The predicted octanol–water partition coefficient (Wildman–Crippen LogP) is 5.90. The van der Waals surface area contributed by atoms with Crippen molar-refractivity contribution in [3.05, 3.63) is 93.2 Å². The summed E-state index contributed by atoms with van der Waals surface area (Å²) in [6.45, 7) is 0.425. The Morgan fingerprint density at radius 1 is 1.05 bits per heavy atom. The summed E-state index contributed by atoms with van der Waals surface area (Å²) in [5.74, 6) is -0.0193. The number of aromatic nitrogens is 3. The minimum Gasteiger partial charge on any atom is -0.301 e. The lowest BCUT2D eigenvalue weighted by molar-refractivity contribution is -0.113. The monoisotopic (exact) mass is 528 g/mol. The van der Waals surface area contributed by atoms with Gasteiger partial charge in [-0.3, -0.25) is 14.2 Å². The van der Waals surface area contributed by atoms with Crippen LogP contribution in [0.5, 0.6) is 0 Å². The topological polar surface area (TPSA) is 76.9 Å². The molecule has 1 N–H and O–H groups in total. The van der Waals surface area contributed by atoms with Gasteiger partial charge in [-0.15, -0.1) is 11.3 Å². The van der Waals surface area contributed by atoms with Gasteiger partial charge in [-0.2, -0.15) is 0 Å². The van der Waals surface area contributed by atoms with Crippen molar-refractivity contribution in [3.8, 4) is 11.3 Å². The van der Waals surface area contributed by atoms with Gasteiger partial charge in [0.2, 0.25) is 5.91 Å². The number of benzene rings is 2. The van der Waals surface area contributed by atoms with E-state index in [1.807, 2.05) is 41.8 Å². The number of thioether (sulfide) groups is 1. The van der Waals surface area contributed by atoms with Gasteiger partial charge in [0.05, 0.1) is 23.6 Å². The highest BCUT2D eigenvalue weighted by molar-refractivity contribution is 7.99. The molecule has 188 valence electrons. The van der Waals surface area contributed by atoms with Gasteiger partial charge < -0.3 is 5.32 Å². The van der Waals surface area contributed by atoms with Crippen LogP contribution < -0.4 is 10.9 Å². The highest BCUT2D eigenvalue weighted by Gasteiger charge is 2.43. The van der Waals surface area contributed by atoms with E-state index in [9.17, 15) is 9.59 Å². The van der Waals surface area contributed by atoms with Crippen molar-refractivity contribution in [3.63, 3.8) is 0 Å². The molecule has 1 amide bonds. The van der Waals surface area contributed by atoms with Crippen LogP contribution in [0.25, 0.3) is 11.3 Å². The second kappa shape index (κ2) is 10.3. The second-order valence-electron chi connectivity index (χ2n) is 9.84. The van der Waals surface area contributed by atoms with Crippen LogP contribution >= 0.6 is 23.1 Å². The molecule has 0 unspecified atom stereocenters. The number of carbonyl (C=O) groups is 1. The number of nitrogens with zero attached hydrogens (tertiary/aromatic N) is 3. The van der Waals surface area contributed by atoms with Crippen LogP contribution in [0.4, 0.5) is 5.13 Å². The van der Waals surface area contributed by atoms with Gasteiger partial charge in [-0.1, -0.05) is 85.6 Å². The highest BCUT2D eigenvalue weighted by Crippen LogP contribution is 2.48. The van der Waals surface area contributed by atoms with E-state index in [1.165, 1.54) is 35.1 Å². The number of rotatable bonds is 6. The van der Waals surface area contributed by atoms with Crippen molar-refractivity contribution in [1.82, 2.24) is 14.5 Å². The number of carbonyl (C=O) groups excluding carboxylic acids is 1. The van der Waals surface area contributed by atoms with Gasteiger partial charge in [-0.25, -0.2) is 9.97 Å². The summed E-state index contributed by atoms with van der Waals surface area (Å²) in [7, 11) is 0. The van der Waals surface area contributed by atoms with Crippen molar-refractivity contribution in [2.75, 3.05) is 11.1 Å². The van der Waals surface area contributed by atoms with Crippen molar-refractivity contribution < 1.29 is 4.79 Å². The van der Waals surface area contributed by atoms with Gasteiger partial charge in [0, 0.05) is 22.6 Å². The Labute approximate surface area is 224 Å². The molecule has 2 heterocycles. The lowest BCUT2D eigenvalue weighted by atomic mass is 9.62. The molecule has 0 bridgehead atoms. The first-order chi connectivity index (χ1) is 18.1. The molecule has 37 heavy (non-hydrogen) atoms. The molecule has 0 aliphatic heterocycles. The molecule has 0 saturated heterocycles. The number of thiazole rings is 1. The largest absolute Gasteiger partial charge is 0.301 e. The van der Waals surface area contributed by atoms with E-state index in [0.717, 1.165) is 54.5 Å². The Hall–Kier alpha value is -3.23. The maximum Gasteiger partial charge on any atom is 0.258 e. The molecule has 6 rings (SSSR count). The van der Waals surface area contributed by atoms with Crippen molar-refractivity contribution in [2.24, 2.45) is 0 Å². The number of fused-ring (bicyclic) bond motifs is 4. The standard InChI is InChI=1S/C29H28N4O2S2/c34-23(31-27-30-15-16-36-27)19-37-28-32-25-22-12-6-5-11-21(22)17-29(13-7-2-8-14-29)24(25)26(35)33(28)18-20-9-3-1-4-10-20/h1,3-6,9-12,15-16H,2,7-8,13-14,17-19H2,(H,30,31,34). The fourth-order valence-electron chi connectivity index (χ4n) is 5.81. The first-order valence-corrected chi connectivity index (χ1v) is 14.6. The molecular formula is C29H28N4O2S2. The van der Waals surface area contributed by atoms with Crippen molar-refractivity contribution in [1.29, 1.82) is 0 Å². The van der Waals surface area contributed by atoms with Crippen molar-refractivity contribution >= 4 is 34.1 Å². The van der Waals surface area contributed by atoms with Gasteiger partial charge in [-0.05, 0) is 30.4 Å². The number of nitrogens with one attached hydrogen (secondary N) is 1. The Balaban J connectivity index is 1.46. The van der Waals surface area contributed by atoms with Crippen LogP contribution in [0.3, 0.4) is 0 Å². The zero-order chi connectivity index (χ0) is 25.2. The minimum absolute atomic E-state index is 0.0353. The first-order valence-electron chi connectivity index (χ1n) is 12.7. The number of anilines is 1. The average molecular weight is 529 g/mol. The smallest absolute Gasteiger partial charge is 0.258 e. The Morgan fingerprint density at radius 2 is 1.84 bits per heavy atom. The molecule has 4 aromatic rings. The summed E-state index contributed by atoms with van der Waals surface area (Å²) in [5, 5.41) is 5.80. The highest BCUT2D eigenvalue weighted by atomic mass is 32.2. The average Bonchev–Trinajstić information content (AvgIpc) is 3.43. The molecule has 0 radical (unpaired) electrons. The van der Waals surface area contributed by atoms with Crippen LogP contribution in [-0.2, 0) is 23.2 Å². The zero-order valence-corrected chi connectivity index (χ0v) is 22.1. The van der Waals surface area contributed by atoms with E-state index in [-0.39, 0.29) is 22.6 Å². The minimum atomic E-state index is -0.171. The van der Waals surface area contributed by atoms with E-state index in [0.29, 0.717) is 16.8 Å². The first kappa shape index (κ1) is 24.1. The molecule has 1 fully saturated rings. The van der Waals surface area contributed by atoms with E-state index in [1.54, 1.807) is 10.8 Å². The summed E-state index contributed by atoms with van der Waals surface area (Å²) in [4.78, 5) is 36.4. The maximum atomic E-state index is 14.4. The number of hydrogen-bond donors (Lipinski definition) is 1. The van der Waals surface area contributed by atoms with E-state index in [4.69, 9.17) is 4.98 Å². The van der Waals surface area contributed by atoms with Gasteiger partial charge in [0.15, 0.2) is 10.3 Å². The lowest BCUT2D eigenvalue weighted by Gasteiger charge is -2.42. The molecule has 2 aliphatic rings. The summed E-state index contributed by atoms with van der Waals surface area (Å²) < 4.78 is 1.79. The fraction of sp³-hybridized carbons (Fsp3) is 0.310. The third kappa shape index (κ3) is 4.76. The Bertz CT molecular complexity index is 1480. The maximum absolute atomic E-state index is 14.4.